The van der Waals surface area contributed by atoms with Crippen molar-refractivity contribution in [2.24, 2.45) is 0 Å². The number of allylic oxidation sites excluding steroid dienone is 1. The lowest BCUT2D eigenvalue weighted by Crippen LogP contribution is -2.12. The first kappa shape index (κ1) is 11.7. The zero-order valence-electron chi connectivity index (χ0n) is 8.38. The van der Waals surface area contributed by atoms with E-state index in [9.17, 15) is 0 Å². The van der Waals surface area contributed by atoms with Crippen LogP contribution >= 0.6 is 0 Å². The molecule has 0 fully saturated rings. The molecule has 0 aromatic rings. The Morgan fingerprint density at radius 3 is 2.50 bits per heavy atom. The number of hydrogen-bond acceptors (Lipinski definition) is 2. The third-order valence-electron chi connectivity index (χ3n) is 1.45. The molecule has 2 nitrogen and oxygen atoms in total. The van der Waals surface area contributed by atoms with Gasteiger partial charge < -0.3 is 9.47 Å². The molecule has 72 valence electrons. The summed E-state index contributed by atoms with van der Waals surface area (Å²) in [5.74, 6) is 0. The molecule has 0 heterocycles. The van der Waals surface area contributed by atoms with Crippen molar-refractivity contribution in [1.29, 1.82) is 0 Å². The van der Waals surface area contributed by atoms with Crippen LogP contribution in [0.25, 0.3) is 0 Å². The lowest BCUT2D eigenvalue weighted by Gasteiger charge is -2.10. The lowest BCUT2D eigenvalue weighted by molar-refractivity contribution is -0.118. The molecule has 0 aromatic heterocycles. The Hall–Kier alpha value is -0.340. The molecule has 0 saturated carbocycles. The largest absolute Gasteiger partial charge is 0.353 e. The molecule has 1 unspecified atom stereocenters. The summed E-state index contributed by atoms with van der Waals surface area (Å²) in [5.41, 5.74) is 0. The predicted octanol–water partition coefficient (Wildman–Crippen LogP) is 2.74. The van der Waals surface area contributed by atoms with Crippen LogP contribution in [0.15, 0.2) is 12.2 Å². The highest BCUT2D eigenvalue weighted by molar-refractivity contribution is 4.80. The fraction of sp³-hybridized carbons (Fsp3) is 0.800. The summed E-state index contributed by atoms with van der Waals surface area (Å²) in [7, 11) is 0. The highest BCUT2D eigenvalue weighted by Crippen LogP contribution is 1.94. The van der Waals surface area contributed by atoms with Gasteiger partial charge in [-0.15, -0.1) is 0 Å². The van der Waals surface area contributed by atoms with Crippen molar-refractivity contribution in [2.75, 3.05) is 13.2 Å². The van der Waals surface area contributed by atoms with Crippen molar-refractivity contribution in [3.8, 4) is 0 Å². The predicted molar refractivity (Wildman–Crippen MR) is 51.1 cm³/mol. The lowest BCUT2D eigenvalue weighted by atomic mass is 10.3. The average Bonchev–Trinajstić information content (AvgIpc) is 2.05. The van der Waals surface area contributed by atoms with E-state index in [-0.39, 0.29) is 6.29 Å². The van der Waals surface area contributed by atoms with Crippen molar-refractivity contribution in [3.05, 3.63) is 12.2 Å². The molecule has 2 heteroatoms. The van der Waals surface area contributed by atoms with Crippen LogP contribution < -0.4 is 0 Å². The van der Waals surface area contributed by atoms with Gasteiger partial charge in [-0.25, -0.2) is 0 Å². The summed E-state index contributed by atoms with van der Waals surface area (Å²) in [6, 6.07) is 0. The molecule has 1 atom stereocenters. The SMILES string of the molecule is CCCC=CCOC(C)OCC. The monoisotopic (exact) mass is 172 g/mol. The molecule has 0 rings (SSSR count). The van der Waals surface area contributed by atoms with Crippen molar-refractivity contribution < 1.29 is 9.47 Å². The third kappa shape index (κ3) is 7.76. The second-order valence-electron chi connectivity index (χ2n) is 2.62. The molecule has 0 bridgehead atoms. The quantitative estimate of drug-likeness (QED) is 0.434. The fourth-order valence-corrected chi connectivity index (χ4v) is 0.826. The van der Waals surface area contributed by atoms with Gasteiger partial charge >= 0.3 is 0 Å². The average molecular weight is 172 g/mol. The molecule has 12 heavy (non-hydrogen) atoms. The molecule has 0 amide bonds. The minimum Gasteiger partial charge on any atom is -0.353 e. The zero-order valence-corrected chi connectivity index (χ0v) is 8.38. The fourth-order valence-electron chi connectivity index (χ4n) is 0.826. The summed E-state index contributed by atoms with van der Waals surface area (Å²) in [6.45, 7) is 7.40. The minimum atomic E-state index is -0.0822. The topological polar surface area (TPSA) is 18.5 Å². The number of rotatable bonds is 7. The van der Waals surface area contributed by atoms with Gasteiger partial charge in [-0.2, -0.15) is 0 Å². The number of ether oxygens (including phenoxy) is 2. The molecule has 0 spiro atoms. The van der Waals surface area contributed by atoms with Gasteiger partial charge in [0.1, 0.15) is 0 Å². The Bertz CT molecular complexity index is 110. The van der Waals surface area contributed by atoms with Gasteiger partial charge in [-0.3, -0.25) is 0 Å². The van der Waals surface area contributed by atoms with Crippen LogP contribution in [0.3, 0.4) is 0 Å². The normalized spacial score (nSPS) is 13.9. The van der Waals surface area contributed by atoms with Gasteiger partial charge in [0.25, 0.3) is 0 Å². The maximum absolute atomic E-state index is 5.32. The van der Waals surface area contributed by atoms with E-state index in [1.54, 1.807) is 0 Å². The van der Waals surface area contributed by atoms with Crippen molar-refractivity contribution in [2.45, 2.75) is 39.9 Å². The van der Waals surface area contributed by atoms with Gasteiger partial charge in [0.05, 0.1) is 6.61 Å². The van der Waals surface area contributed by atoms with Gasteiger partial charge in [-0.1, -0.05) is 25.5 Å². The highest BCUT2D eigenvalue weighted by atomic mass is 16.7. The first-order valence-corrected chi connectivity index (χ1v) is 4.69. The number of unbranched alkanes of at least 4 members (excludes halogenated alkanes) is 1. The minimum absolute atomic E-state index is 0.0822. The van der Waals surface area contributed by atoms with Gasteiger partial charge in [0.15, 0.2) is 6.29 Å². The summed E-state index contributed by atoms with van der Waals surface area (Å²) in [6.07, 6.45) is 6.42. The van der Waals surface area contributed by atoms with E-state index in [1.165, 1.54) is 6.42 Å². The Morgan fingerprint density at radius 2 is 1.92 bits per heavy atom. The molecular formula is C10H20O2. The summed E-state index contributed by atoms with van der Waals surface area (Å²) in [5, 5.41) is 0. The van der Waals surface area contributed by atoms with E-state index < -0.39 is 0 Å². The van der Waals surface area contributed by atoms with Gasteiger partial charge in [-0.05, 0) is 20.3 Å². The van der Waals surface area contributed by atoms with Crippen molar-refractivity contribution >= 4 is 0 Å². The Labute approximate surface area is 75.6 Å². The third-order valence-corrected chi connectivity index (χ3v) is 1.45. The van der Waals surface area contributed by atoms with Crippen LogP contribution in [0.5, 0.6) is 0 Å². The molecule has 0 radical (unpaired) electrons. The highest BCUT2D eigenvalue weighted by Gasteiger charge is 1.96. The molecule has 0 aliphatic heterocycles. The second-order valence-corrected chi connectivity index (χ2v) is 2.62. The Kier molecular flexibility index (Phi) is 8.51. The maximum atomic E-state index is 5.32. The molecule has 0 saturated heterocycles. The smallest absolute Gasteiger partial charge is 0.155 e. The van der Waals surface area contributed by atoms with Crippen molar-refractivity contribution in [1.82, 2.24) is 0 Å². The van der Waals surface area contributed by atoms with E-state index in [1.807, 2.05) is 19.9 Å². The van der Waals surface area contributed by atoms with E-state index >= 15 is 0 Å². The van der Waals surface area contributed by atoms with Crippen molar-refractivity contribution in [3.63, 3.8) is 0 Å². The van der Waals surface area contributed by atoms with Crippen LogP contribution in [-0.4, -0.2) is 19.5 Å². The van der Waals surface area contributed by atoms with E-state index in [4.69, 9.17) is 9.47 Å². The van der Waals surface area contributed by atoms with Crippen LogP contribution in [0.1, 0.15) is 33.6 Å². The summed E-state index contributed by atoms with van der Waals surface area (Å²) in [4.78, 5) is 0. The van der Waals surface area contributed by atoms with Gasteiger partial charge in [0, 0.05) is 6.61 Å². The Balaban J connectivity index is 3.17. The van der Waals surface area contributed by atoms with Gasteiger partial charge in [0.2, 0.25) is 0 Å². The zero-order chi connectivity index (χ0) is 9.23. The van der Waals surface area contributed by atoms with E-state index in [2.05, 4.69) is 13.0 Å². The molecule has 0 aliphatic carbocycles. The summed E-state index contributed by atoms with van der Waals surface area (Å²) < 4.78 is 10.5. The summed E-state index contributed by atoms with van der Waals surface area (Å²) >= 11 is 0. The van der Waals surface area contributed by atoms with Crippen LogP contribution in [0.2, 0.25) is 0 Å². The van der Waals surface area contributed by atoms with Crippen LogP contribution in [0, 0.1) is 0 Å². The van der Waals surface area contributed by atoms with E-state index in [0.717, 1.165) is 6.42 Å². The molecule has 0 aromatic carbocycles. The molecular weight excluding hydrogens is 152 g/mol. The second kappa shape index (κ2) is 8.75. The molecule has 0 aliphatic rings. The maximum Gasteiger partial charge on any atom is 0.155 e. The standard InChI is InChI=1S/C10H20O2/c1-4-6-7-8-9-12-10(3)11-5-2/h7-8,10H,4-6,9H2,1-3H3. The van der Waals surface area contributed by atoms with Crippen LogP contribution in [0.4, 0.5) is 0 Å². The Morgan fingerprint density at radius 1 is 1.17 bits per heavy atom. The van der Waals surface area contributed by atoms with E-state index in [0.29, 0.717) is 13.2 Å². The number of hydrogen-bond donors (Lipinski definition) is 0. The first-order chi connectivity index (χ1) is 5.81. The van der Waals surface area contributed by atoms with Crippen LogP contribution in [-0.2, 0) is 9.47 Å². The molecule has 0 N–H and O–H groups in total. The first-order valence-electron chi connectivity index (χ1n) is 4.69.